The number of aryl methyl sites for hydroxylation is 2. The van der Waals surface area contributed by atoms with Gasteiger partial charge in [0, 0.05) is 10.9 Å². The maximum atomic E-state index is 10.8. The van der Waals surface area contributed by atoms with Crippen LogP contribution in [0.15, 0.2) is 41.8 Å². The zero-order chi connectivity index (χ0) is 18.7. The number of thiazole rings is 1. The van der Waals surface area contributed by atoms with Gasteiger partial charge < -0.3 is 9.84 Å². The van der Waals surface area contributed by atoms with Crippen molar-refractivity contribution in [2.45, 2.75) is 33.8 Å². The van der Waals surface area contributed by atoms with Gasteiger partial charge in [0.05, 0.1) is 12.1 Å². The van der Waals surface area contributed by atoms with Gasteiger partial charge in [0.2, 0.25) is 0 Å². The Morgan fingerprint density at radius 3 is 2.58 bits per heavy atom. The Labute approximate surface area is 157 Å². The summed E-state index contributed by atoms with van der Waals surface area (Å²) < 4.78 is 6.00. The second kappa shape index (κ2) is 7.70. The second-order valence-electron chi connectivity index (χ2n) is 6.41. The van der Waals surface area contributed by atoms with E-state index in [0.29, 0.717) is 12.3 Å². The van der Waals surface area contributed by atoms with Crippen LogP contribution in [0, 0.1) is 20.8 Å². The minimum absolute atomic E-state index is 0.0440. The summed E-state index contributed by atoms with van der Waals surface area (Å²) in [6.07, 6.45) is -0.0440. The molecule has 0 amide bonds. The SMILES string of the molecule is Cc1cc(C)c(C)c(OCc2ccc(-c3nc(CC(=O)O)cs3)cc2)c1. The van der Waals surface area contributed by atoms with Gasteiger partial charge in [-0.1, -0.05) is 30.3 Å². The summed E-state index contributed by atoms with van der Waals surface area (Å²) in [4.78, 5) is 15.1. The number of benzene rings is 2. The molecule has 0 atom stereocenters. The molecular weight excluding hydrogens is 346 g/mol. The van der Waals surface area contributed by atoms with Crippen LogP contribution in [0.5, 0.6) is 5.75 Å². The first kappa shape index (κ1) is 18.1. The lowest BCUT2D eigenvalue weighted by atomic mass is 10.1. The van der Waals surface area contributed by atoms with E-state index in [4.69, 9.17) is 9.84 Å². The summed E-state index contributed by atoms with van der Waals surface area (Å²) in [5, 5.41) is 11.5. The minimum atomic E-state index is -0.865. The van der Waals surface area contributed by atoms with Crippen LogP contribution >= 0.6 is 11.3 Å². The van der Waals surface area contributed by atoms with E-state index >= 15 is 0 Å². The molecular formula is C21H21NO3S. The van der Waals surface area contributed by atoms with Crippen molar-refractivity contribution in [2.24, 2.45) is 0 Å². The average Bonchev–Trinajstić information content (AvgIpc) is 3.05. The molecule has 0 aliphatic rings. The third-order valence-electron chi connectivity index (χ3n) is 4.24. The molecule has 4 nitrogen and oxygen atoms in total. The maximum Gasteiger partial charge on any atom is 0.309 e. The van der Waals surface area contributed by atoms with Crippen molar-refractivity contribution in [1.29, 1.82) is 0 Å². The Balaban J connectivity index is 1.68. The zero-order valence-corrected chi connectivity index (χ0v) is 15.9. The molecule has 1 aromatic heterocycles. The number of hydrogen-bond acceptors (Lipinski definition) is 4. The molecule has 0 aliphatic heterocycles. The molecule has 0 aliphatic carbocycles. The lowest BCUT2D eigenvalue weighted by Crippen LogP contribution is -2.00. The number of carboxylic acid groups (broad SMARTS) is 1. The van der Waals surface area contributed by atoms with Crippen molar-refractivity contribution in [3.8, 4) is 16.3 Å². The van der Waals surface area contributed by atoms with E-state index in [1.807, 2.05) is 24.3 Å². The smallest absolute Gasteiger partial charge is 0.309 e. The van der Waals surface area contributed by atoms with Crippen LogP contribution in [-0.2, 0) is 17.8 Å². The number of ether oxygens (including phenoxy) is 1. The molecule has 0 saturated heterocycles. The van der Waals surface area contributed by atoms with Crippen molar-refractivity contribution in [1.82, 2.24) is 4.98 Å². The van der Waals surface area contributed by atoms with Crippen LogP contribution < -0.4 is 4.74 Å². The van der Waals surface area contributed by atoms with E-state index in [-0.39, 0.29) is 6.42 Å². The number of hydrogen-bond donors (Lipinski definition) is 1. The van der Waals surface area contributed by atoms with Gasteiger partial charge in [0.15, 0.2) is 0 Å². The van der Waals surface area contributed by atoms with Crippen LogP contribution in [0.4, 0.5) is 0 Å². The molecule has 1 N–H and O–H groups in total. The van der Waals surface area contributed by atoms with Crippen molar-refractivity contribution < 1.29 is 14.6 Å². The first-order valence-electron chi connectivity index (χ1n) is 8.38. The maximum absolute atomic E-state index is 10.8. The summed E-state index contributed by atoms with van der Waals surface area (Å²) in [5.41, 5.74) is 6.25. The van der Waals surface area contributed by atoms with Gasteiger partial charge in [-0.3, -0.25) is 4.79 Å². The van der Waals surface area contributed by atoms with Crippen LogP contribution in [0.25, 0.3) is 10.6 Å². The molecule has 0 fully saturated rings. The highest BCUT2D eigenvalue weighted by molar-refractivity contribution is 7.13. The summed E-state index contributed by atoms with van der Waals surface area (Å²) in [7, 11) is 0. The van der Waals surface area contributed by atoms with Gasteiger partial charge in [-0.25, -0.2) is 4.98 Å². The van der Waals surface area contributed by atoms with Gasteiger partial charge in [0.25, 0.3) is 0 Å². The summed E-state index contributed by atoms with van der Waals surface area (Å²) in [6.45, 7) is 6.74. The zero-order valence-electron chi connectivity index (χ0n) is 15.1. The monoisotopic (exact) mass is 367 g/mol. The third kappa shape index (κ3) is 4.29. The van der Waals surface area contributed by atoms with Gasteiger partial charge in [0.1, 0.15) is 17.4 Å². The van der Waals surface area contributed by atoms with Gasteiger partial charge >= 0.3 is 5.97 Å². The van der Waals surface area contributed by atoms with Gasteiger partial charge in [-0.2, -0.15) is 0 Å². The average molecular weight is 367 g/mol. The highest BCUT2D eigenvalue weighted by Crippen LogP contribution is 2.26. The van der Waals surface area contributed by atoms with Crippen LogP contribution in [0.1, 0.15) is 27.9 Å². The van der Waals surface area contributed by atoms with Crippen molar-refractivity contribution in [3.63, 3.8) is 0 Å². The summed E-state index contributed by atoms with van der Waals surface area (Å²) >= 11 is 1.46. The Morgan fingerprint density at radius 2 is 1.88 bits per heavy atom. The fourth-order valence-corrected chi connectivity index (χ4v) is 3.56. The van der Waals surface area contributed by atoms with Gasteiger partial charge in [-0.15, -0.1) is 11.3 Å². The quantitative estimate of drug-likeness (QED) is 0.670. The number of aromatic nitrogens is 1. The minimum Gasteiger partial charge on any atom is -0.489 e. The fourth-order valence-electron chi connectivity index (χ4n) is 2.73. The highest BCUT2D eigenvalue weighted by Gasteiger charge is 2.09. The Hall–Kier alpha value is -2.66. The molecule has 0 saturated carbocycles. The lowest BCUT2D eigenvalue weighted by molar-refractivity contribution is -0.136. The normalized spacial score (nSPS) is 10.7. The van der Waals surface area contributed by atoms with Crippen LogP contribution in [-0.4, -0.2) is 16.1 Å². The van der Waals surface area contributed by atoms with Crippen LogP contribution in [0.3, 0.4) is 0 Å². The molecule has 0 bridgehead atoms. The number of carboxylic acids is 1. The van der Waals surface area contributed by atoms with E-state index in [2.05, 4.69) is 37.9 Å². The van der Waals surface area contributed by atoms with E-state index in [9.17, 15) is 4.79 Å². The van der Waals surface area contributed by atoms with E-state index in [1.165, 1.54) is 28.0 Å². The largest absolute Gasteiger partial charge is 0.489 e. The summed E-state index contributed by atoms with van der Waals surface area (Å²) in [6, 6.07) is 12.3. The molecule has 26 heavy (non-hydrogen) atoms. The van der Waals surface area contributed by atoms with Crippen molar-refractivity contribution >= 4 is 17.3 Å². The van der Waals surface area contributed by atoms with Crippen LogP contribution in [0.2, 0.25) is 0 Å². The topological polar surface area (TPSA) is 59.4 Å². The molecule has 3 rings (SSSR count). The molecule has 0 spiro atoms. The standard InChI is InChI=1S/C21H21NO3S/c1-13-8-14(2)15(3)19(9-13)25-11-16-4-6-17(7-5-16)21-22-18(12-26-21)10-20(23)24/h4-9,12H,10-11H2,1-3H3,(H,23,24). The van der Waals surface area contributed by atoms with E-state index in [0.717, 1.165) is 21.9 Å². The lowest BCUT2D eigenvalue weighted by Gasteiger charge is -2.12. The Bertz CT molecular complexity index is 929. The molecule has 1 heterocycles. The van der Waals surface area contributed by atoms with Gasteiger partial charge in [-0.05, 0) is 49.1 Å². The molecule has 0 radical (unpaired) electrons. The van der Waals surface area contributed by atoms with Crippen molar-refractivity contribution in [2.75, 3.05) is 0 Å². The Kier molecular flexibility index (Phi) is 5.38. The number of rotatable bonds is 6. The fraction of sp³-hybridized carbons (Fsp3) is 0.238. The second-order valence-corrected chi connectivity index (χ2v) is 7.26. The van der Waals surface area contributed by atoms with E-state index in [1.54, 1.807) is 5.38 Å². The number of nitrogens with zero attached hydrogens (tertiary/aromatic N) is 1. The molecule has 3 aromatic rings. The third-order valence-corrected chi connectivity index (χ3v) is 5.18. The summed E-state index contributed by atoms with van der Waals surface area (Å²) in [5.74, 6) is 0.0563. The molecule has 2 aromatic carbocycles. The molecule has 134 valence electrons. The number of carbonyl (C=O) groups is 1. The number of aliphatic carboxylic acids is 1. The molecule has 0 unspecified atom stereocenters. The first-order chi connectivity index (χ1) is 12.4. The predicted molar refractivity (Wildman–Crippen MR) is 104 cm³/mol. The Morgan fingerprint density at radius 1 is 1.15 bits per heavy atom. The van der Waals surface area contributed by atoms with E-state index < -0.39 is 5.97 Å². The first-order valence-corrected chi connectivity index (χ1v) is 9.26. The highest BCUT2D eigenvalue weighted by atomic mass is 32.1. The molecule has 5 heteroatoms. The van der Waals surface area contributed by atoms with Crippen molar-refractivity contribution in [3.05, 3.63) is 69.7 Å². The predicted octanol–water partition coefficient (Wildman–Crippen LogP) is 4.94.